The van der Waals surface area contributed by atoms with Crippen molar-refractivity contribution in [3.05, 3.63) is 59.8 Å². The van der Waals surface area contributed by atoms with Gasteiger partial charge in [-0.05, 0) is 57.0 Å². The van der Waals surface area contributed by atoms with Crippen LogP contribution in [-0.4, -0.2) is 64.6 Å². The third-order valence-electron chi connectivity index (χ3n) is 6.89. The lowest BCUT2D eigenvalue weighted by Gasteiger charge is -2.47. The molecule has 0 unspecified atom stereocenters. The summed E-state index contributed by atoms with van der Waals surface area (Å²) in [5.41, 5.74) is 8.98. The Bertz CT molecular complexity index is 923. The smallest absolute Gasteiger partial charge is 0.150 e. The van der Waals surface area contributed by atoms with Gasteiger partial charge in [0, 0.05) is 38.3 Å². The Morgan fingerprint density at radius 1 is 1.16 bits per heavy atom. The molecule has 2 N–H and O–H groups in total. The summed E-state index contributed by atoms with van der Waals surface area (Å²) in [4.78, 5) is 16.8. The van der Waals surface area contributed by atoms with Crippen LogP contribution in [0.5, 0.6) is 0 Å². The Morgan fingerprint density at radius 2 is 1.88 bits per heavy atom. The average molecular weight is 439 g/mol. The Labute approximate surface area is 190 Å². The van der Waals surface area contributed by atoms with Crippen LogP contribution in [0.1, 0.15) is 43.1 Å². The van der Waals surface area contributed by atoms with Crippen molar-refractivity contribution < 1.29 is 4.39 Å². The van der Waals surface area contributed by atoms with E-state index >= 15 is 0 Å². The highest BCUT2D eigenvalue weighted by Crippen LogP contribution is 2.27. The lowest BCUT2D eigenvalue weighted by atomic mass is 9.97. The van der Waals surface area contributed by atoms with Gasteiger partial charge in [0.05, 0.1) is 17.6 Å². The van der Waals surface area contributed by atoms with E-state index in [-0.39, 0.29) is 5.82 Å². The average Bonchev–Trinajstić information content (AvgIpc) is 2.80. The van der Waals surface area contributed by atoms with Gasteiger partial charge in [-0.2, -0.15) is 0 Å². The number of benzene rings is 1. The van der Waals surface area contributed by atoms with Gasteiger partial charge in [0.15, 0.2) is 0 Å². The molecule has 2 fully saturated rings. The van der Waals surface area contributed by atoms with Crippen molar-refractivity contribution >= 4 is 11.5 Å². The number of piperazine rings is 1. The minimum Gasteiger partial charge on any atom is -0.397 e. The SMILES string of the molecule is C=C(N)c1cnc(N2CCN(C3CCN(Cc4ccc(F)cc4)CC3)[C@@H](CC)C2)c(C)n1. The molecular formula is C25H35FN6. The summed E-state index contributed by atoms with van der Waals surface area (Å²) in [5.74, 6) is 0.793. The fourth-order valence-electron chi connectivity index (χ4n) is 5.10. The fraction of sp³-hybridized carbons (Fsp3) is 0.520. The normalized spacial score (nSPS) is 21.1. The first kappa shape index (κ1) is 22.7. The van der Waals surface area contributed by atoms with Gasteiger partial charge in [-0.25, -0.2) is 14.4 Å². The lowest BCUT2D eigenvalue weighted by Crippen LogP contribution is -2.58. The molecule has 32 heavy (non-hydrogen) atoms. The van der Waals surface area contributed by atoms with E-state index in [9.17, 15) is 4.39 Å². The minimum atomic E-state index is -0.167. The molecule has 6 nitrogen and oxygen atoms in total. The molecule has 0 amide bonds. The van der Waals surface area contributed by atoms with Gasteiger partial charge in [-0.3, -0.25) is 9.80 Å². The van der Waals surface area contributed by atoms with Crippen molar-refractivity contribution in [2.24, 2.45) is 5.73 Å². The van der Waals surface area contributed by atoms with Crippen molar-refractivity contribution in [1.82, 2.24) is 19.8 Å². The topological polar surface area (TPSA) is 61.5 Å². The molecule has 1 aromatic heterocycles. The number of rotatable bonds is 6. The lowest BCUT2D eigenvalue weighted by molar-refractivity contribution is 0.0610. The number of aromatic nitrogens is 2. The summed E-state index contributed by atoms with van der Waals surface area (Å²) in [6, 6.07) is 8.05. The van der Waals surface area contributed by atoms with Crippen molar-refractivity contribution in [3.63, 3.8) is 0 Å². The second-order valence-electron chi connectivity index (χ2n) is 9.07. The Morgan fingerprint density at radius 3 is 2.50 bits per heavy atom. The van der Waals surface area contributed by atoms with E-state index in [0.29, 0.717) is 23.5 Å². The molecular weight excluding hydrogens is 403 g/mol. The molecule has 0 bridgehead atoms. The number of anilines is 1. The molecule has 2 aromatic rings. The Hall–Kier alpha value is -2.51. The Balaban J connectivity index is 1.34. The second-order valence-corrected chi connectivity index (χ2v) is 9.07. The van der Waals surface area contributed by atoms with Crippen molar-refractivity contribution in [3.8, 4) is 0 Å². The maximum atomic E-state index is 13.2. The van der Waals surface area contributed by atoms with Gasteiger partial charge in [0.2, 0.25) is 0 Å². The molecule has 1 aromatic carbocycles. The van der Waals surface area contributed by atoms with Gasteiger partial charge >= 0.3 is 0 Å². The van der Waals surface area contributed by atoms with Gasteiger partial charge in [0.25, 0.3) is 0 Å². The van der Waals surface area contributed by atoms with Gasteiger partial charge in [0.1, 0.15) is 17.3 Å². The predicted molar refractivity (Wildman–Crippen MR) is 128 cm³/mol. The number of halogens is 1. The maximum Gasteiger partial charge on any atom is 0.150 e. The summed E-state index contributed by atoms with van der Waals surface area (Å²) >= 11 is 0. The van der Waals surface area contributed by atoms with E-state index in [1.54, 1.807) is 18.3 Å². The zero-order valence-corrected chi connectivity index (χ0v) is 19.3. The van der Waals surface area contributed by atoms with Gasteiger partial charge in [-0.1, -0.05) is 25.6 Å². The second kappa shape index (κ2) is 9.96. The van der Waals surface area contributed by atoms with E-state index in [4.69, 9.17) is 5.73 Å². The van der Waals surface area contributed by atoms with Crippen molar-refractivity contribution in [2.45, 2.75) is 51.7 Å². The highest BCUT2D eigenvalue weighted by molar-refractivity contribution is 5.57. The van der Waals surface area contributed by atoms with Crippen LogP contribution < -0.4 is 10.6 Å². The molecule has 172 valence electrons. The van der Waals surface area contributed by atoms with E-state index < -0.39 is 0 Å². The first-order valence-corrected chi connectivity index (χ1v) is 11.7. The summed E-state index contributed by atoms with van der Waals surface area (Å²) in [6.07, 6.45) is 5.22. The molecule has 2 saturated heterocycles. The summed E-state index contributed by atoms with van der Waals surface area (Å²) in [7, 11) is 0. The van der Waals surface area contributed by atoms with Crippen LogP contribution in [0.3, 0.4) is 0 Å². The van der Waals surface area contributed by atoms with Crippen LogP contribution >= 0.6 is 0 Å². The number of hydrogen-bond acceptors (Lipinski definition) is 6. The third kappa shape index (κ3) is 5.10. The molecule has 0 aliphatic carbocycles. The highest BCUT2D eigenvalue weighted by Gasteiger charge is 2.33. The number of piperidine rings is 1. The van der Waals surface area contributed by atoms with Crippen LogP contribution in [-0.2, 0) is 6.54 Å². The molecule has 1 atom stereocenters. The molecule has 3 heterocycles. The Kier molecular flexibility index (Phi) is 7.06. The van der Waals surface area contributed by atoms with Crippen LogP contribution in [0, 0.1) is 12.7 Å². The number of nitrogens with zero attached hydrogens (tertiary/aromatic N) is 5. The molecule has 2 aliphatic rings. The first-order chi connectivity index (χ1) is 15.4. The van der Waals surface area contributed by atoms with Crippen LogP contribution in [0.25, 0.3) is 5.70 Å². The molecule has 2 aliphatic heterocycles. The standard InChI is InChI=1S/C25H35FN6/c1-4-22-17-31(25-19(3)29-24(15-28-25)18(2)27)13-14-32(22)23-9-11-30(12-10-23)16-20-5-7-21(26)8-6-20/h5-8,15,22-23H,2,4,9-14,16-17,27H2,1,3H3/t22-/m0/s1. The molecule has 7 heteroatoms. The van der Waals surface area contributed by atoms with Gasteiger partial charge in [-0.15, -0.1) is 0 Å². The van der Waals surface area contributed by atoms with E-state index in [1.807, 2.05) is 19.1 Å². The molecule has 0 radical (unpaired) electrons. The van der Waals surface area contributed by atoms with Crippen LogP contribution in [0.15, 0.2) is 37.0 Å². The maximum absolute atomic E-state index is 13.2. The zero-order chi connectivity index (χ0) is 22.7. The number of hydrogen-bond donors (Lipinski definition) is 1. The van der Waals surface area contributed by atoms with E-state index in [2.05, 4.69) is 38.2 Å². The zero-order valence-electron chi connectivity index (χ0n) is 19.3. The summed E-state index contributed by atoms with van der Waals surface area (Å²) < 4.78 is 13.2. The van der Waals surface area contributed by atoms with Crippen LogP contribution in [0.2, 0.25) is 0 Å². The van der Waals surface area contributed by atoms with Crippen molar-refractivity contribution in [2.75, 3.05) is 37.6 Å². The third-order valence-corrected chi connectivity index (χ3v) is 6.89. The molecule has 0 saturated carbocycles. The largest absolute Gasteiger partial charge is 0.397 e. The van der Waals surface area contributed by atoms with Crippen LogP contribution in [0.4, 0.5) is 10.2 Å². The predicted octanol–water partition coefficient (Wildman–Crippen LogP) is 3.42. The van der Waals surface area contributed by atoms with Gasteiger partial charge < -0.3 is 10.6 Å². The quantitative estimate of drug-likeness (QED) is 0.746. The highest BCUT2D eigenvalue weighted by atomic mass is 19.1. The first-order valence-electron chi connectivity index (χ1n) is 11.7. The summed E-state index contributed by atoms with van der Waals surface area (Å²) in [6.45, 7) is 14.1. The molecule has 4 rings (SSSR count). The number of likely N-dealkylation sites (tertiary alicyclic amines) is 1. The number of nitrogens with two attached hydrogens (primary N) is 1. The fourth-order valence-corrected chi connectivity index (χ4v) is 5.10. The number of aryl methyl sites for hydroxylation is 1. The van der Waals surface area contributed by atoms with E-state index in [0.717, 1.165) is 57.2 Å². The minimum absolute atomic E-state index is 0.167. The molecule has 0 spiro atoms. The monoisotopic (exact) mass is 438 g/mol. The summed E-state index contributed by atoms with van der Waals surface area (Å²) in [5, 5.41) is 0. The van der Waals surface area contributed by atoms with Crippen molar-refractivity contribution in [1.29, 1.82) is 0 Å². The van der Waals surface area contributed by atoms with E-state index in [1.165, 1.54) is 18.4 Å².